The summed E-state index contributed by atoms with van der Waals surface area (Å²) in [6.45, 7) is 3.22. The summed E-state index contributed by atoms with van der Waals surface area (Å²) in [6.07, 6.45) is 3.58. The number of carbonyl (C=O) groups is 1. The molecule has 1 N–H and O–H groups in total. The lowest BCUT2D eigenvalue weighted by Crippen LogP contribution is -2.39. The lowest BCUT2D eigenvalue weighted by Gasteiger charge is -2.36. The Morgan fingerprint density at radius 1 is 1.62 bits per heavy atom. The SMILES string of the molecule is CCC1CC(CC(=O)O)CCN1C. The highest BCUT2D eigenvalue weighted by Crippen LogP contribution is 2.25. The van der Waals surface area contributed by atoms with Gasteiger partial charge in [0.25, 0.3) is 0 Å². The van der Waals surface area contributed by atoms with Crippen molar-refractivity contribution >= 4 is 5.97 Å². The summed E-state index contributed by atoms with van der Waals surface area (Å²) in [7, 11) is 2.13. The molecule has 0 spiro atoms. The number of carboxylic acids is 1. The van der Waals surface area contributed by atoms with Gasteiger partial charge in [0.1, 0.15) is 0 Å². The first kappa shape index (κ1) is 10.5. The predicted molar refractivity (Wildman–Crippen MR) is 51.7 cm³/mol. The highest BCUT2D eigenvalue weighted by molar-refractivity contribution is 5.67. The lowest BCUT2D eigenvalue weighted by atomic mass is 9.88. The van der Waals surface area contributed by atoms with Crippen molar-refractivity contribution in [3.63, 3.8) is 0 Å². The van der Waals surface area contributed by atoms with Gasteiger partial charge in [0.05, 0.1) is 0 Å². The summed E-state index contributed by atoms with van der Waals surface area (Å²) < 4.78 is 0. The fourth-order valence-corrected chi connectivity index (χ4v) is 2.16. The normalized spacial score (nSPS) is 30.3. The molecule has 0 saturated carbocycles. The van der Waals surface area contributed by atoms with Crippen LogP contribution in [0.1, 0.15) is 32.6 Å². The van der Waals surface area contributed by atoms with Gasteiger partial charge in [0, 0.05) is 12.5 Å². The van der Waals surface area contributed by atoms with Gasteiger partial charge in [-0.25, -0.2) is 0 Å². The molecule has 76 valence electrons. The molecular formula is C10H19NO2. The Bertz CT molecular complexity index is 182. The molecule has 0 aromatic rings. The second kappa shape index (κ2) is 4.61. The first-order chi connectivity index (χ1) is 6.13. The summed E-state index contributed by atoms with van der Waals surface area (Å²) in [6, 6.07) is 0.595. The fourth-order valence-electron chi connectivity index (χ4n) is 2.16. The minimum Gasteiger partial charge on any atom is -0.481 e. The molecule has 2 atom stereocenters. The van der Waals surface area contributed by atoms with Gasteiger partial charge in [0.2, 0.25) is 0 Å². The number of hydrogen-bond acceptors (Lipinski definition) is 2. The molecule has 2 unspecified atom stereocenters. The summed E-state index contributed by atoms with van der Waals surface area (Å²) in [5, 5.41) is 8.68. The van der Waals surface area contributed by atoms with Gasteiger partial charge in [-0.3, -0.25) is 4.79 Å². The third-order valence-electron chi connectivity index (χ3n) is 3.05. The van der Waals surface area contributed by atoms with E-state index >= 15 is 0 Å². The van der Waals surface area contributed by atoms with Crippen LogP contribution >= 0.6 is 0 Å². The summed E-state index contributed by atoms with van der Waals surface area (Å²) in [5.41, 5.74) is 0. The van der Waals surface area contributed by atoms with E-state index in [1.807, 2.05) is 0 Å². The molecular weight excluding hydrogens is 166 g/mol. The highest BCUT2D eigenvalue weighted by atomic mass is 16.4. The van der Waals surface area contributed by atoms with Crippen molar-refractivity contribution in [3.8, 4) is 0 Å². The molecule has 0 bridgehead atoms. The first-order valence-corrected chi connectivity index (χ1v) is 5.05. The Kier molecular flexibility index (Phi) is 3.72. The molecule has 3 heteroatoms. The Morgan fingerprint density at radius 2 is 2.31 bits per heavy atom. The van der Waals surface area contributed by atoms with Crippen LogP contribution in [0.3, 0.4) is 0 Å². The molecule has 1 aliphatic heterocycles. The number of piperidine rings is 1. The van der Waals surface area contributed by atoms with Crippen molar-refractivity contribution in [1.29, 1.82) is 0 Å². The predicted octanol–water partition coefficient (Wildman–Crippen LogP) is 1.58. The van der Waals surface area contributed by atoms with E-state index in [0.717, 1.165) is 25.8 Å². The maximum absolute atomic E-state index is 10.5. The van der Waals surface area contributed by atoms with Crippen LogP contribution < -0.4 is 0 Å². The molecule has 1 heterocycles. The van der Waals surface area contributed by atoms with E-state index in [0.29, 0.717) is 18.4 Å². The van der Waals surface area contributed by atoms with Crippen LogP contribution in [-0.2, 0) is 4.79 Å². The van der Waals surface area contributed by atoms with Crippen LogP contribution in [0.4, 0.5) is 0 Å². The Balaban J connectivity index is 2.40. The van der Waals surface area contributed by atoms with Crippen molar-refractivity contribution in [3.05, 3.63) is 0 Å². The molecule has 0 aromatic heterocycles. The molecule has 0 aromatic carbocycles. The van der Waals surface area contributed by atoms with Crippen LogP contribution in [-0.4, -0.2) is 35.6 Å². The molecule has 0 amide bonds. The van der Waals surface area contributed by atoms with Crippen LogP contribution in [0.15, 0.2) is 0 Å². The van der Waals surface area contributed by atoms with E-state index in [9.17, 15) is 4.79 Å². The third kappa shape index (κ3) is 2.99. The van der Waals surface area contributed by atoms with Gasteiger partial charge in [-0.15, -0.1) is 0 Å². The smallest absolute Gasteiger partial charge is 0.303 e. The van der Waals surface area contributed by atoms with Crippen molar-refractivity contribution in [2.45, 2.75) is 38.6 Å². The number of likely N-dealkylation sites (tertiary alicyclic amines) is 1. The van der Waals surface area contributed by atoms with Crippen molar-refractivity contribution in [2.75, 3.05) is 13.6 Å². The number of nitrogens with zero attached hydrogens (tertiary/aromatic N) is 1. The summed E-state index contributed by atoms with van der Waals surface area (Å²) >= 11 is 0. The second-order valence-corrected chi connectivity index (χ2v) is 4.03. The van der Waals surface area contributed by atoms with Gasteiger partial charge in [-0.2, -0.15) is 0 Å². The number of carboxylic acid groups (broad SMARTS) is 1. The van der Waals surface area contributed by atoms with Gasteiger partial charge in [-0.05, 0) is 38.8 Å². The minimum absolute atomic E-state index is 0.352. The highest BCUT2D eigenvalue weighted by Gasteiger charge is 2.25. The average Bonchev–Trinajstić information content (AvgIpc) is 2.07. The van der Waals surface area contributed by atoms with Crippen LogP contribution in [0.25, 0.3) is 0 Å². The molecule has 0 aliphatic carbocycles. The minimum atomic E-state index is -0.649. The number of hydrogen-bond donors (Lipinski definition) is 1. The zero-order valence-corrected chi connectivity index (χ0v) is 8.49. The van der Waals surface area contributed by atoms with Crippen LogP contribution in [0, 0.1) is 5.92 Å². The van der Waals surface area contributed by atoms with E-state index < -0.39 is 5.97 Å². The molecule has 1 aliphatic rings. The number of aliphatic carboxylic acids is 1. The standard InChI is InChI=1S/C10H19NO2/c1-3-9-6-8(7-10(12)13)4-5-11(9)2/h8-9H,3-7H2,1-2H3,(H,12,13). The van der Waals surface area contributed by atoms with Crippen LogP contribution in [0.5, 0.6) is 0 Å². The molecule has 1 rings (SSSR count). The van der Waals surface area contributed by atoms with Gasteiger partial charge in [0.15, 0.2) is 0 Å². The zero-order chi connectivity index (χ0) is 9.84. The Morgan fingerprint density at radius 3 is 2.85 bits per heavy atom. The van der Waals surface area contributed by atoms with Crippen LogP contribution in [0.2, 0.25) is 0 Å². The number of rotatable bonds is 3. The van der Waals surface area contributed by atoms with Gasteiger partial charge >= 0.3 is 5.97 Å². The Labute approximate surface area is 79.7 Å². The largest absolute Gasteiger partial charge is 0.481 e. The van der Waals surface area contributed by atoms with Crippen molar-refractivity contribution in [2.24, 2.45) is 5.92 Å². The second-order valence-electron chi connectivity index (χ2n) is 4.03. The fraction of sp³-hybridized carbons (Fsp3) is 0.900. The van der Waals surface area contributed by atoms with E-state index in [1.165, 1.54) is 0 Å². The summed E-state index contributed by atoms with van der Waals surface area (Å²) in [5.74, 6) is -0.247. The topological polar surface area (TPSA) is 40.5 Å². The van der Waals surface area contributed by atoms with Crippen molar-refractivity contribution in [1.82, 2.24) is 4.90 Å². The van der Waals surface area contributed by atoms with Gasteiger partial charge < -0.3 is 10.0 Å². The monoisotopic (exact) mass is 185 g/mol. The molecule has 3 nitrogen and oxygen atoms in total. The van der Waals surface area contributed by atoms with Crippen molar-refractivity contribution < 1.29 is 9.90 Å². The van der Waals surface area contributed by atoms with E-state index in [2.05, 4.69) is 18.9 Å². The molecule has 1 saturated heterocycles. The third-order valence-corrected chi connectivity index (χ3v) is 3.05. The molecule has 0 radical (unpaired) electrons. The lowest BCUT2D eigenvalue weighted by molar-refractivity contribution is -0.138. The Hall–Kier alpha value is -0.570. The average molecular weight is 185 g/mol. The molecule has 13 heavy (non-hydrogen) atoms. The quantitative estimate of drug-likeness (QED) is 0.725. The van der Waals surface area contributed by atoms with Gasteiger partial charge in [-0.1, -0.05) is 6.92 Å². The first-order valence-electron chi connectivity index (χ1n) is 5.05. The van der Waals surface area contributed by atoms with E-state index in [-0.39, 0.29) is 0 Å². The summed E-state index contributed by atoms with van der Waals surface area (Å²) in [4.78, 5) is 12.9. The van der Waals surface area contributed by atoms with E-state index in [4.69, 9.17) is 5.11 Å². The maximum Gasteiger partial charge on any atom is 0.303 e. The van der Waals surface area contributed by atoms with E-state index in [1.54, 1.807) is 0 Å². The molecule has 1 fully saturated rings. The zero-order valence-electron chi connectivity index (χ0n) is 8.49. The maximum atomic E-state index is 10.5.